The fourth-order valence-electron chi connectivity index (χ4n) is 3.02. The van der Waals surface area contributed by atoms with Gasteiger partial charge in [0.05, 0.1) is 0 Å². The van der Waals surface area contributed by atoms with E-state index in [1.807, 2.05) is 36.1 Å². The molecule has 1 saturated heterocycles. The van der Waals surface area contributed by atoms with E-state index in [0.717, 1.165) is 55.6 Å². The minimum absolute atomic E-state index is 0. The molecule has 0 aliphatic carbocycles. The van der Waals surface area contributed by atoms with Gasteiger partial charge in [0.1, 0.15) is 17.9 Å². The van der Waals surface area contributed by atoms with Crippen LogP contribution in [0.1, 0.15) is 25.5 Å². The van der Waals surface area contributed by atoms with Gasteiger partial charge in [-0.25, -0.2) is 4.99 Å². The van der Waals surface area contributed by atoms with Gasteiger partial charge in [0.2, 0.25) is 5.91 Å². The lowest BCUT2D eigenvalue weighted by atomic mass is 10.2. The Morgan fingerprint density at radius 3 is 2.73 bits per heavy atom. The molecular formula is C19H27IN4O2. The molecule has 7 heteroatoms. The number of carbonyl (C=O) groups is 1. The fourth-order valence-corrected chi connectivity index (χ4v) is 3.02. The maximum absolute atomic E-state index is 12.1. The molecule has 0 bridgehead atoms. The van der Waals surface area contributed by atoms with Gasteiger partial charge in [-0.15, -0.1) is 24.0 Å². The molecule has 2 N–H and O–H groups in total. The van der Waals surface area contributed by atoms with Crippen LogP contribution in [0.15, 0.2) is 39.7 Å². The number of fused-ring (bicyclic) bond motifs is 1. The molecule has 26 heavy (non-hydrogen) atoms. The predicted octanol–water partition coefficient (Wildman–Crippen LogP) is 2.77. The lowest BCUT2D eigenvalue weighted by Crippen LogP contribution is -2.39. The third-order valence-corrected chi connectivity index (χ3v) is 4.32. The summed E-state index contributed by atoms with van der Waals surface area (Å²) >= 11 is 0. The second kappa shape index (κ2) is 10.4. The maximum Gasteiger partial charge on any atom is 0.244 e. The van der Waals surface area contributed by atoms with E-state index >= 15 is 0 Å². The van der Waals surface area contributed by atoms with Crippen LogP contribution < -0.4 is 10.6 Å². The first-order chi connectivity index (χ1) is 12.3. The Hall–Kier alpha value is -1.77. The van der Waals surface area contributed by atoms with E-state index in [-0.39, 0.29) is 36.4 Å². The van der Waals surface area contributed by atoms with E-state index in [1.165, 1.54) is 0 Å². The number of nitrogens with one attached hydrogen (secondary N) is 2. The summed E-state index contributed by atoms with van der Waals surface area (Å²) in [6.07, 6.45) is 2.97. The molecule has 2 heterocycles. The Morgan fingerprint density at radius 2 is 2.00 bits per heavy atom. The molecule has 1 aliphatic heterocycles. The number of halogens is 1. The van der Waals surface area contributed by atoms with Gasteiger partial charge in [0.25, 0.3) is 0 Å². The first kappa shape index (κ1) is 20.5. The van der Waals surface area contributed by atoms with Gasteiger partial charge in [-0.2, -0.15) is 0 Å². The van der Waals surface area contributed by atoms with Crippen molar-refractivity contribution in [2.24, 2.45) is 4.99 Å². The lowest BCUT2D eigenvalue weighted by Gasteiger charge is -2.15. The summed E-state index contributed by atoms with van der Waals surface area (Å²) in [4.78, 5) is 18.4. The summed E-state index contributed by atoms with van der Waals surface area (Å²) in [6, 6.07) is 10.1. The molecular weight excluding hydrogens is 443 g/mol. The highest BCUT2D eigenvalue weighted by Crippen LogP contribution is 2.18. The molecule has 0 atom stereocenters. The molecule has 2 aromatic rings. The van der Waals surface area contributed by atoms with E-state index in [9.17, 15) is 4.79 Å². The van der Waals surface area contributed by atoms with Crippen LogP contribution >= 0.6 is 24.0 Å². The highest BCUT2D eigenvalue weighted by Gasteiger charge is 2.17. The number of likely N-dealkylation sites (tertiary alicyclic amines) is 1. The average Bonchev–Trinajstić information content (AvgIpc) is 3.28. The highest BCUT2D eigenvalue weighted by molar-refractivity contribution is 14.0. The van der Waals surface area contributed by atoms with Crippen LogP contribution in [0.5, 0.6) is 0 Å². The van der Waals surface area contributed by atoms with Crippen molar-refractivity contribution in [3.8, 4) is 0 Å². The predicted molar refractivity (Wildman–Crippen MR) is 115 cm³/mol. The summed E-state index contributed by atoms with van der Waals surface area (Å²) < 4.78 is 5.81. The number of amides is 1. The van der Waals surface area contributed by atoms with Gasteiger partial charge in [-0.1, -0.05) is 18.2 Å². The third kappa shape index (κ3) is 5.62. The molecule has 1 fully saturated rings. The quantitative estimate of drug-likeness (QED) is 0.387. The van der Waals surface area contributed by atoms with E-state index < -0.39 is 0 Å². The van der Waals surface area contributed by atoms with Crippen LogP contribution in [0.3, 0.4) is 0 Å². The number of para-hydroxylation sites is 1. The summed E-state index contributed by atoms with van der Waals surface area (Å²) in [5.41, 5.74) is 0.911. The minimum atomic E-state index is 0. The van der Waals surface area contributed by atoms with Crippen molar-refractivity contribution in [3.63, 3.8) is 0 Å². The molecule has 1 aliphatic rings. The van der Waals surface area contributed by atoms with Crippen LogP contribution in [0.4, 0.5) is 0 Å². The largest absolute Gasteiger partial charge is 0.461 e. The topological polar surface area (TPSA) is 69.9 Å². The van der Waals surface area contributed by atoms with Gasteiger partial charge in [0, 0.05) is 38.0 Å². The monoisotopic (exact) mass is 470 g/mol. The van der Waals surface area contributed by atoms with Crippen molar-refractivity contribution < 1.29 is 9.21 Å². The SMILES string of the molecule is CCNC(=NCC(=O)N1CCCC1)NCCc1cc2ccccc2o1.I. The molecule has 142 valence electrons. The Bertz CT molecular complexity index is 705. The van der Waals surface area contributed by atoms with Gasteiger partial charge in [-0.05, 0) is 31.9 Å². The number of hydrogen-bond acceptors (Lipinski definition) is 3. The van der Waals surface area contributed by atoms with E-state index in [0.29, 0.717) is 12.5 Å². The van der Waals surface area contributed by atoms with Crippen molar-refractivity contribution in [1.82, 2.24) is 15.5 Å². The fraction of sp³-hybridized carbons (Fsp3) is 0.474. The Kier molecular flexibility index (Phi) is 8.21. The smallest absolute Gasteiger partial charge is 0.244 e. The van der Waals surface area contributed by atoms with Gasteiger partial charge in [0.15, 0.2) is 5.96 Å². The van der Waals surface area contributed by atoms with E-state index in [4.69, 9.17) is 4.42 Å². The molecule has 1 aromatic carbocycles. The van der Waals surface area contributed by atoms with Gasteiger partial charge < -0.3 is 20.0 Å². The zero-order chi connectivity index (χ0) is 17.5. The van der Waals surface area contributed by atoms with Crippen LogP contribution in [0, 0.1) is 0 Å². The average molecular weight is 470 g/mol. The maximum atomic E-state index is 12.1. The second-order valence-corrected chi connectivity index (χ2v) is 6.21. The Balaban J connectivity index is 0.00000243. The zero-order valence-corrected chi connectivity index (χ0v) is 17.5. The first-order valence-electron chi connectivity index (χ1n) is 9.03. The Morgan fingerprint density at radius 1 is 1.23 bits per heavy atom. The highest BCUT2D eigenvalue weighted by atomic mass is 127. The minimum Gasteiger partial charge on any atom is -0.461 e. The summed E-state index contributed by atoms with van der Waals surface area (Å²) in [5.74, 6) is 1.72. The van der Waals surface area contributed by atoms with E-state index in [1.54, 1.807) is 0 Å². The molecule has 0 radical (unpaired) electrons. The number of hydrogen-bond donors (Lipinski definition) is 2. The van der Waals surface area contributed by atoms with Crippen molar-refractivity contribution in [1.29, 1.82) is 0 Å². The molecule has 3 rings (SSSR count). The number of aliphatic imine (C=N–C) groups is 1. The van der Waals surface area contributed by atoms with Crippen LogP contribution in [0.25, 0.3) is 11.0 Å². The van der Waals surface area contributed by atoms with Crippen LogP contribution in [-0.2, 0) is 11.2 Å². The summed E-state index contributed by atoms with van der Waals surface area (Å²) in [6.45, 7) is 5.39. The molecule has 0 unspecified atom stereocenters. The van der Waals surface area contributed by atoms with E-state index in [2.05, 4.69) is 21.7 Å². The summed E-state index contributed by atoms with van der Waals surface area (Å²) in [7, 11) is 0. The van der Waals surface area contributed by atoms with Crippen molar-refractivity contribution in [2.45, 2.75) is 26.2 Å². The standard InChI is InChI=1S/C19H26N4O2.HI/c1-2-20-19(22-14-18(24)23-11-5-6-12-23)21-10-9-16-13-15-7-3-4-8-17(15)25-16;/h3-4,7-8,13H,2,5-6,9-12,14H2,1H3,(H2,20,21,22);1H. The normalized spacial score (nSPS) is 14.3. The van der Waals surface area contributed by atoms with Crippen molar-refractivity contribution >= 4 is 46.8 Å². The number of rotatable bonds is 6. The molecule has 1 amide bonds. The summed E-state index contributed by atoms with van der Waals surface area (Å²) in [5, 5.41) is 7.57. The van der Waals surface area contributed by atoms with Crippen LogP contribution in [-0.4, -0.2) is 49.5 Å². The van der Waals surface area contributed by atoms with Gasteiger partial charge in [-0.3, -0.25) is 4.79 Å². The zero-order valence-electron chi connectivity index (χ0n) is 15.2. The molecule has 1 aromatic heterocycles. The first-order valence-corrected chi connectivity index (χ1v) is 9.03. The molecule has 0 spiro atoms. The third-order valence-electron chi connectivity index (χ3n) is 4.32. The lowest BCUT2D eigenvalue weighted by molar-refractivity contribution is -0.128. The van der Waals surface area contributed by atoms with Gasteiger partial charge >= 0.3 is 0 Å². The molecule has 6 nitrogen and oxygen atoms in total. The Labute approximate surface area is 171 Å². The second-order valence-electron chi connectivity index (χ2n) is 6.21. The van der Waals surface area contributed by atoms with Crippen molar-refractivity contribution in [3.05, 3.63) is 36.1 Å². The van der Waals surface area contributed by atoms with Crippen LogP contribution in [0.2, 0.25) is 0 Å². The number of guanidine groups is 1. The number of benzene rings is 1. The number of nitrogens with zero attached hydrogens (tertiary/aromatic N) is 2. The van der Waals surface area contributed by atoms with Crippen molar-refractivity contribution in [2.75, 3.05) is 32.7 Å². The number of furan rings is 1. The molecule has 0 saturated carbocycles. The number of carbonyl (C=O) groups excluding carboxylic acids is 1.